The third kappa shape index (κ3) is 2.50. The molecule has 3 fully saturated rings. The Bertz CT molecular complexity index is 241. The van der Waals surface area contributed by atoms with Crippen LogP contribution in [0.15, 0.2) is 0 Å². The van der Waals surface area contributed by atoms with Gasteiger partial charge in [0.25, 0.3) is 0 Å². The van der Waals surface area contributed by atoms with Crippen LogP contribution >= 0.6 is 0 Å². The molecule has 0 aliphatic carbocycles. The van der Waals surface area contributed by atoms with Crippen molar-refractivity contribution in [3.8, 4) is 0 Å². The van der Waals surface area contributed by atoms with Crippen molar-refractivity contribution in [1.82, 2.24) is 9.80 Å². The number of nitrogens with two attached hydrogens (primary N) is 1. The Morgan fingerprint density at radius 3 is 2.59 bits per heavy atom. The number of hydrogen-bond donors (Lipinski definition) is 1. The van der Waals surface area contributed by atoms with Gasteiger partial charge in [0.1, 0.15) is 0 Å². The lowest BCUT2D eigenvalue weighted by molar-refractivity contribution is -0.0577. The minimum absolute atomic E-state index is 0.226. The number of nitrogens with zero attached hydrogens (tertiary/aromatic N) is 2. The summed E-state index contributed by atoms with van der Waals surface area (Å²) in [5.74, 6) is 0.796. The SMILES string of the molecule is COCCCN(C)C1(CN)CN2CCC1CC2. The molecule has 4 heteroatoms. The van der Waals surface area contributed by atoms with Gasteiger partial charge in [-0.1, -0.05) is 0 Å². The van der Waals surface area contributed by atoms with Crippen molar-refractivity contribution in [1.29, 1.82) is 0 Å². The molecule has 0 aromatic carbocycles. The summed E-state index contributed by atoms with van der Waals surface area (Å²) >= 11 is 0. The third-order valence-corrected chi connectivity index (χ3v) is 4.80. The molecule has 3 aliphatic rings. The van der Waals surface area contributed by atoms with Gasteiger partial charge in [0.15, 0.2) is 0 Å². The number of hydrogen-bond acceptors (Lipinski definition) is 4. The molecule has 17 heavy (non-hydrogen) atoms. The van der Waals surface area contributed by atoms with Gasteiger partial charge in [-0.3, -0.25) is 4.90 Å². The molecule has 0 amide bonds. The lowest BCUT2D eigenvalue weighted by Gasteiger charge is -2.57. The normalized spacial score (nSPS) is 36.7. The van der Waals surface area contributed by atoms with Crippen LogP contribution in [0.1, 0.15) is 19.3 Å². The Morgan fingerprint density at radius 1 is 1.41 bits per heavy atom. The highest BCUT2D eigenvalue weighted by atomic mass is 16.5. The number of rotatable bonds is 6. The van der Waals surface area contributed by atoms with Gasteiger partial charge < -0.3 is 15.4 Å². The molecule has 3 rings (SSSR count). The van der Waals surface area contributed by atoms with Gasteiger partial charge in [-0.15, -0.1) is 0 Å². The molecule has 3 heterocycles. The van der Waals surface area contributed by atoms with E-state index >= 15 is 0 Å². The largest absolute Gasteiger partial charge is 0.385 e. The second-order valence-corrected chi connectivity index (χ2v) is 5.63. The van der Waals surface area contributed by atoms with Crippen molar-refractivity contribution in [2.45, 2.75) is 24.8 Å². The summed E-state index contributed by atoms with van der Waals surface area (Å²) in [5.41, 5.74) is 6.36. The second kappa shape index (κ2) is 5.65. The van der Waals surface area contributed by atoms with Crippen molar-refractivity contribution in [2.75, 3.05) is 53.5 Å². The Balaban J connectivity index is 1.98. The molecular weight excluding hydrogens is 214 g/mol. The average Bonchev–Trinajstić information content (AvgIpc) is 2.39. The molecule has 4 nitrogen and oxygen atoms in total. The first-order valence-electron chi connectivity index (χ1n) is 6.85. The van der Waals surface area contributed by atoms with Gasteiger partial charge in [0, 0.05) is 38.9 Å². The maximum Gasteiger partial charge on any atom is 0.0484 e. The number of fused-ring (bicyclic) bond motifs is 3. The van der Waals surface area contributed by atoms with Crippen LogP contribution < -0.4 is 5.73 Å². The summed E-state index contributed by atoms with van der Waals surface area (Å²) in [5, 5.41) is 0. The number of piperidine rings is 3. The van der Waals surface area contributed by atoms with E-state index in [0.717, 1.165) is 38.6 Å². The summed E-state index contributed by atoms with van der Waals surface area (Å²) in [6.45, 7) is 6.45. The van der Waals surface area contributed by atoms with E-state index in [-0.39, 0.29) is 5.54 Å². The van der Waals surface area contributed by atoms with Crippen LogP contribution in [0.2, 0.25) is 0 Å². The van der Waals surface area contributed by atoms with E-state index in [1.165, 1.54) is 25.9 Å². The van der Waals surface area contributed by atoms with Crippen molar-refractivity contribution in [3.63, 3.8) is 0 Å². The van der Waals surface area contributed by atoms with Gasteiger partial charge >= 0.3 is 0 Å². The Morgan fingerprint density at radius 2 is 2.12 bits per heavy atom. The highest BCUT2D eigenvalue weighted by molar-refractivity contribution is 5.05. The van der Waals surface area contributed by atoms with Gasteiger partial charge in [-0.05, 0) is 45.3 Å². The molecule has 0 saturated carbocycles. The molecule has 0 spiro atoms. The fraction of sp³-hybridized carbons (Fsp3) is 1.00. The molecule has 0 aromatic heterocycles. The van der Waals surface area contributed by atoms with Crippen LogP contribution in [0.3, 0.4) is 0 Å². The summed E-state index contributed by atoms with van der Waals surface area (Å²) < 4.78 is 5.14. The summed E-state index contributed by atoms with van der Waals surface area (Å²) in [7, 11) is 4.01. The smallest absolute Gasteiger partial charge is 0.0484 e. The zero-order valence-electron chi connectivity index (χ0n) is 11.3. The minimum atomic E-state index is 0.226. The lowest BCUT2D eigenvalue weighted by Crippen LogP contribution is -2.69. The van der Waals surface area contributed by atoms with E-state index in [4.69, 9.17) is 10.5 Å². The number of likely N-dealkylation sites (N-methyl/N-ethyl adjacent to an activating group) is 1. The van der Waals surface area contributed by atoms with E-state index in [2.05, 4.69) is 16.8 Å². The fourth-order valence-electron chi connectivity index (χ4n) is 3.63. The first-order chi connectivity index (χ1) is 8.23. The van der Waals surface area contributed by atoms with Gasteiger partial charge in [-0.25, -0.2) is 0 Å². The van der Waals surface area contributed by atoms with Crippen molar-refractivity contribution >= 4 is 0 Å². The average molecular weight is 241 g/mol. The Hall–Kier alpha value is -0.160. The topological polar surface area (TPSA) is 41.7 Å². The highest BCUT2D eigenvalue weighted by Gasteiger charge is 2.47. The van der Waals surface area contributed by atoms with E-state index in [1.807, 2.05) is 0 Å². The molecule has 0 radical (unpaired) electrons. The van der Waals surface area contributed by atoms with Crippen LogP contribution in [0.4, 0.5) is 0 Å². The van der Waals surface area contributed by atoms with Crippen LogP contribution in [0.25, 0.3) is 0 Å². The van der Waals surface area contributed by atoms with Crippen molar-refractivity contribution in [2.24, 2.45) is 11.7 Å². The summed E-state index contributed by atoms with van der Waals surface area (Å²) in [6.07, 6.45) is 3.75. The molecule has 100 valence electrons. The van der Waals surface area contributed by atoms with Crippen molar-refractivity contribution < 1.29 is 4.74 Å². The Kier molecular flexibility index (Phi) is 4.42. The number of methoxy groups -OCH3 is 1. The van der Waals surface area contributed by atoms with Gasteiger partial charge in [0.2, 0.25) is 0 Å². The summed E-state index contributed by atoms with van der Waals surface area (Å²) in [6, 6.07) is 0. The Labute approximate surface area is 105 Å². The zero-order chi connectivity index (χ0) is 12.3. The van der Waals surface area contributed by atoms with Crippen LogP contribution in [-0.2, 0) is 4.74 Å². The predicted octanol–water partition coefficient (Wildman–Crippen LogP) is 0.378. The summed E-state index contributed by atoms with van der Waals surface area (Å²) in [4.78, 5) is 5.09. The molecule has 2 bridgehead atoms. The molecule has 1 atom stereocenters. The maximum atomic E-state index is 6.13. The van der Waals surface area contributed by atoms with Crippen LogP contribution in [0, 0.1) is 5.92 Å². The minimum Gasteiger partial charge on any atom is -0.385 e. The molecule has 3 saturated heterocycles. The first-order valence-corrected chi connectivity index (χ1v) is 6.85. The highest BCUT2D eigenvalue weighted by Crippen LogP contribution is 2.38. The molecule has 0 aromatic rings. The third-order valence-electron chi connectivity index (χ3n) is 4.80. The van der Waals surface area contributed by atoms with Gasteiger partial charge in [-0.2, -0.15) is 0 Å². The molecule has 1 unspecified atom stereocenters. The van der Waals surface area contributed by atoms with E-state index in [9.17, 15) is 0 Å². The lowest BCUT2D eigenvalue weighted by atomic mass is 9.71. The van der Waals surface area contributed by atoms with Gasteiger partial charge in [0.05, 0.1) is 0 Å². The molecule has 3 aliphatic heterocycles. The quantitative estimate of drug-likeness (QED) is 0.683. The first kappa shape index (κ1) is 13.3. The number of ether oxygens (including phenoxy) is 1. The van der Waals surface area contributed by atoms with Crippen LogP contribution in [0.5, 0.6) is 0 Å². The standard InChI is InChI=1S/C13H27N3O/c1-15(6-3-9-17-2)13(10-14)11-16-7-4-12(13)5-8-16/h12H,3-11,14H2,1-2H3. The monoisotopic (exact) mass is 241 g/mol. The molecular formula is C13H27N3O. The van der Waals surface area contributed by atoms with E-state index < -0.39 is 0 Å². The zero-order valence-corrected chi connectivity index (χ0v) is 11.3. The maximum absolute atomic E-state index is 6.13. The van der Waals surface area contributed by atoms with E-state index in [0.29, 0.717) is 0 Å². The van der Waals surface area contributed by atoms with E-state index in [1.54, 1.807) is 7.11 Å². The van der Waals surface area contributed by atoms with Crippen molar-refractivity contribution in [3.05, 3.63) is 0 Å². The fourth-order valence-corrected chi connectivity index (χ4v) is 3.63. The molecule has 2 N–H and O–H groups in total. The predicted molar refractivity (Wildman–Crippen MR) is 70.1 cm³/mol. The van der Waals surface area contributed by atoms with Crippen LogP contribution in [-0.4, -0.2) is 68.8 Å². The second-order valence-electron chi connectivity index (χ2n) is 5.63.